The Morgan fingerprint density at radius 1 is 1.37 bits per heavy atom. The van der Waals surface area contributed by atoms with Crippen LogP contribution in [0.25, 0.3) is 0 Å². The number of likely N-dealkylation sites (tertiary alicyclic amines) is 1. The van der Waals surface area contributed by atoms with Crippen molar-refractivity contribution < 1.29 is 9.90 Å². The second-order valence-electron chi connectivity index (χ2n) is 5.52. The summed E-state index contributed by atoms with van der Waals surface area (Å²) in [4.78, 5) is 12.5. The monoisotopic (exact) mass is 256 g/mol. The smallest absolute Gasteiger partial charge is 0.407 e. The Bertz CT molecular complexity index is 554. The minimum absolute atomic E-state index is 0.0168. The fraction of sp³-hybridized carbons (Fsp3) is 0.467. The average molecular weight is 256 g/mol. The summed E-state index contributed by atoms with van der Waals surface area (Å²) >= 11 is 0. The third-order valence-corrected chi connectivity index (χ3v) is 4.65. The zero-order chi connectivity index (χ0) is 13.5. The molecule has 4 nitrogen and oxygen atoms in total. The van der Waals surface area contributed by atoms with Crippen LogP contribution in [-0.2, 0) is 5.41 Å². The van der Waals surface area contributed by atoms with Gasteiger partial charge in [0.15, 0.2) is 0 Å². The van der Waals surface area contributed by atoms with Crippen molar-refractivity contribution in [2.24, 2.45) is 0 Å². The van der Waals surface area contributed by atoms with E-state index >= 15 is 0 Å². The summed E-state index contributed by atoms with van der Waals surface area (Å²) in [5.41, 5.74) is 2.43. The Morgan fingerprint density at radius 3 is 2.68 bits per heavy atom. The molecule has 1 amide bonds. The Labute approximate surface area is 112 Å². The van der Waals surface area contributed by atoms with Crippen molar-refractivity contribution in [2.45, 2.75) is 30.6 Å². The number of fused-ring (bicyclic) bond motifs is 2. The molecule has 1 saturated heterocycles. The van der Waals surface area contributed by atoms with Crippen molar-refractivity contribution in [2.75, 3.05) is 13.1 Å². The molecule has 0 aromatic heterocycles. The van der Waals surface area contributed by atoms with Gasteiger partial charge in [-0.2, -0.15) is 5.26 Å². The second kappa shape index (κ2) is 4.27. The molecule has 0 unspecified atom stereocenters. The van der Waals surface area contributed by atoms with Gasteiger partial charge in [0, 0.05) is 18.5 Å². The lowest BCUT2D eigenvalue weighted by Gasteiger charge is -2.39. The Morgan fingerprint density at radius 2 is 2.05 bits per heavy atom. The number of hydrogen-bond acceptors (Lipinski definition) is 2. The van der Waals surface area contributed by atoms with E-state index in [1.165, 1.54) is 10.5 Å². The molecular formula is C15H16N2O2. The Hall–Kier alpha value is -2.02. The standard InChI is InChI=1S/C15H16N2O2/c16-10-11-9-15(13-4-2-1-3-12(11)13)5-7-17(8-6-15)14(18)19/h1-4,11H,5-9H2,(H,18,19)/t11-/m1/s1. The van der Waals surface area contributed by atoms with Gasteiger partial charge in [-0.1, -0.05) is 24.3 Å². The molecule has 1 atom stereocenters. The first-order valence-electron chi connectivity index (χ1n) is 6.63. The number of rotatable bonds is 0. The first-order chi connectivity index (χ1) is 9.16. The fourth-order valence-electron chi connectivity index (χ4n) is 3.61. The quantitative estimate of drug-likeness (QED) is 0.776. The van der Waals surface area contributed by atoms with Crippen LogP contribution in [0.15, 0.2) is 24.3 Å². The lowest BCUT2D eigenvalue weighted by atomic mass is 9.73. The molecule has 2 aliphatic rings. The summed E-state index contributed by atoms with van der Waals surface area (Å²) in [6.07, 6.45) is 1.66. The molecule has 4 heteroatoms. The first kappa shape index (κ1) is 12.0. The average Bonchev–Trinajstić information content (AvgIpc) is 2.74. The van der Waals surface area contributed by atoms with Crippen LogP contribution in [0.3, 0.4) is 0 Å². The summed E-state index contributed by atoms with van der Waals surface area (Å²) in [7, 11) is 0. The summed E-state index contributed by atoms with van der Waals surface area (Å²) in [5, 5.41) is 18.3. The van der Waals surface area contributed by atoms with Crippen molar-refractivity contribution in [1.29, 1.82) is 5.26 Å². The van der Waals surface area contributed by atoms with Gasteiger partial charge in [-0.3, -0.25) is 0 Å². The molecule has 0 bridgehead atoms. The van der Waals surface area contributed by atoms with Gasteiger partial charge in [-0.25, -0.2) is 4.79 Å². The van der Waals surface area contributed by atoms with E-state index in [2.05, 4.69) is 12.1 Å². The first-order valence-corrected chi connectivity index (χ1v) is 6.63. The summed E-state index contributed by atoms with van der Waals surface area (Å²) in [5.74, 6) is -0.0346. The topological polar surface area (TPSA) is 64.3 Å². The van der Waals surface area contributed by atoms with Crippen LogP contribution in [0.2, 0.25) is 0 Å². The summed E-state index contributed by atoms with van der Waals surface area (Å²) in [6, 6.07) is 10.6. The maximum absolute atomic E-state index is 11.0. The Kier molecular flexibility index (Phi) is 2.70. The number of carboxylic acid groups (broad SMARTS) is 1. The van der Waals surface area contributed by atoms with E-state index < -0.39 is 6.09 Å². The van der Waals surface area contributed by atoms with E-state index in [1.807, 2.05) is 18.2 Å². The van der Waals surface area contributed by atoms with E-state index in [1.54, 1.807) is 0 Å². The van der Waals surface area contributed by atoms with Gasteiger partial charge < -0.3 is 10.0 Å². The molecule has 1 spiro atoms. The van der Waals surface area contributed by atoms with Crippen molar-refractivity contribution in [3.05, 3.63) is 35.4 Å². The highest BCUT2D eigenvalue weighted by molar-refractivity contribution is 5.65. The SMILES string of the molecule is N#C[C@H]1CC2(CCN(C(=O)O)CC2)c2ccccc21. The van der Waals surface area contributed by atoms with Crippen molar-refractivity contribution >= 4 is 6.09 Å². The zero-order valence-corrected chi connectivity index (χ0v) is 10.7. The zero-order valence-electron chi connectivity index (χ0n) is 10.7. The molecule has 1 fully saturated rings. The van der Waals surface area contributed by atoms with E-state index in [0.29, 0.717) is 13.1 Å². The molecule has 0 radical (unpaired) electrons. The lowest BCUT2D eigenvalue weighted by Crippen LogP contribution is -2.43. The van der Waals surface area contributed by atoms with Crippen LogP contribution in [0.4, 0.5) is 4.79 Å². The second-order valence-corrected chi connectivity index (χ2v) is 5.52. The van der Waals surface area contributed by atoms with Crippen LogP contribution < -0.4 is 0 Å². The molecule has 1 aliphatic heterocycles. The summed E-state index contributed by atoms with van der Waals surface area (Å²) in [6.45, 7) is 1.14. The molecule has 1 aromatic carbocycles. The van der Waals surface area contributed by atoms with Gasteiger partial charge in [-0.15, -0.1) is 0 Å². The molecule has 1 aromatic rings. The third kappa shape index (κ3) is 1.77. The largest absolute Gasteiger partial charge is 0.465 e. The van der Waals surface area contributed by atoms with E-state index in [-0.39, 0.29) is 11.3 Å². The molecule has 98 valence electrons. The number of carbonyl (C=O) groups is 1. The van der Waals surface area contributed by atoms with Gasteiger partial charge in [0.1, 0.15) is 0 Å². The van der Waals surface area contributed by atoms with E-state index in [4.69, 9.17) is 5.11 Å². The van der Waals surface area contributed by atoms with Crippen molar-refractivity contribution in [3.63, 3.8) is 0 Å². The normalized spacial score (nSPS) is 23.9. The predicted octanol–water partition coefficient (Wildman–Crippen LogP) is 2.71. The highest BCUT2D eigenvalue weighted by atomic mass is 16.4. The molecule has 1 N–H and O–H groups in total. The van der Waals surface area contributed by atoms with Crippen LogP contribution in [0, 0.1) is 11.3 Å². The fourth-order valence-corrected chi connectivity index (χ4v) is 3.61. The Balaban J connectivity index is 1.92. The van der Waals surface area contributed by atoms with Crippen molar-refractivity contribution in [3.8, 4) is 6.07 Å². The number of nitrogens with zero attached hydrogens (tertiary/aromatic N) is 2. The van der Waals surface area contributed by atoms with Gasteiger partial charge in [0.25, 0.3) is 0 Å². The molecule has 3 rings (SSSR count). The minimum Gasteiger partial charge on any atom is -0.465 e. The number of amides is 1. The summed E-state index contributed by atoms with van der Waals surface area (Å²) < 4.78 is 0. The third-order valence-electron chi connectivity index (χ3n) is 4.65. The lowest BCUT2D eigenvalue weighted by molar-refractivity contribution is 0.115. The van der Waals surface area contributed by atoms with Crippen LogP contribution in [0.5, 0.6) is 0 Å². The minimum atomic E-state index is -0.835. The van der Waals surface area contributed by atoms with E-state index in [0.717, 1.165) is 24.8 Å². The van der Waals surface area contributed by atoms with E-state index in [9.17, 15) is 10.1 Å². The van der Waals surface area contributed by atoms with Crippen LogP contribution in [0.1, 0.15) is 36.3 Å². The molecular weight excluding hydrogens is 240 g/mol. The van der Waals surface area contributed by atoms with Gasteiger partial charge in [0.2, 0.25) is 0 Å². The maximum atomic E-state index is 11.0. The van der Waals surface area contributed by atoms with Gasteiger partial charge in [0.05, 0.1) is 12.0 Å². The highest BCUT2D eigenvalue weighted by Crippen LogP contribution is 2.51. The number of nitriles is 1. The molecule has 1 aliphatic carbocycles. The van der Waals surface area contributed by atoms with Crippen LogP contribution >= 0.6 is 0 Å². The van der Waals surface area contributed by atoms with Crippen LogP contribution in [-0.4, -0.2) is 29.2 Å². The number of benzene rings is 1. The molecule has 0 saturated carbocycles. The molecule has 19 heavy (non-hydrogen) atoms. The highest BCUT2D eigenvalue weighted by Gasteiger charge is 2.45. The number of hydrogen-bond donors (Lipinski definition) is 1. The van der Waals surface area contributed by atoms with Crippen molar-refractivity contribution in [1.82, 2.24) is 4.90 Å². The maximum Gasteiger partial charge on any atom is 0.407 e. The predicted molar refractivity (Wildman–Crippen MR) is 69.9 cm³/mol. The van der Waals surface area contributed by atoms with Gasteiger partial charge >= 0.3 is 6.09 Å². The number of piperidine rings is 1. The van der Waals surface area contributed by atoms with Gasteiger partial charge in [-0.05, 0) is 30.4 Å². The molecule has 1 heterocycles.